The summed E-state index contributed by atoms with van der Waals surface area (Å²) in [5, 5.41) is 9.78. The fraction of sp³-hybridized carbons (Fsp3) is 0.409. The summed E-state index contributed by atoms with van der Waals surface area (Å²) >= 11 is 0. The predicted molar refractivity (Wildman–Crippen MR) is 102 cm³/mol. The summed E-state index contributed by atoms with van der Waals surface area (Å²) in [6.07, 6.45) is -5.03. The smallest absolute Gasteiger partial charge is 0.450 e. The Balaban J connectivity index is 2.33. The minimum Gasteiger partial charge on any atom is -0.478 e. The zero-order valence-corrected chi connectivity index (χ0v) is 17.3. The molecular weight excluding hydrogens is 417 g/mol. The second kappa shape index (κ2) is 7.25. The number of ketones is 1. The summed E-state index contributed by atoms with van der Waals surface area (Å²) in [7, 11) is 1.18. The van der Waals surface area contributed by atoms with Crippen LogP contribution in [0.1, 0.15) is 49.5 Å². The molecule has 6 nitrogen and oxygen atoms in total. The summed E-state index contributed by atoms with van der Waals surface area (Å²) in [6, 6.07) is 5.27. The molecule has 1 atom stereocenters. The normalized spacial score (nSPS) is 23.3. The molecule has 0 amide bonds. The molecule has 1 aromatic carbocycles. The lowest BCUT2D eigenvalue weighted by atomic mass is 9.62. The van der Waals surface area contributed by atoms with Crippen LogP contribution in [0.4, 0.5) is 13.2 Å². The summed E-state index contributed by atoms with van der Waals surface area (Å²) < 4.78 is 51.3. The third-order valence-corrected chi connectivity index (χ3v) is 5.64. The molecule has 1 heterocycles. The molecule has 0 fully saturated rings. The van der Waals surface area contributed by atoms with Gasteiger partial charge in [0.1, 0.15) is 5.76 Å². The first-order valence-corrected chi connectivity index (χ1v) is 9.41. The SMILES string of the molecule is COC(=O)c1ccc(C2(C)C3=C(CC(C)(C)CC3=O)OC(C(F)(F)F)=C2C(=O)O)cc1. The van der Waals surface area contributed by atoms with Gasteiger partial charge in [-0.2, -0.15) is 13.2 Å². The van der Waals surface area contributed by atoms with Crippen LogP contribution in [0.2, 0.25) is 0 Å². The Bertz CT molecular complexity index is 1030. The lowest BCUT2D eigenvalue weighted by Gasteiger charge is -2.44. The van der Waals surface area contributed by atoms with Crippen molar-refractivity contribution in [1.82, 2.24) is 0 Å². The lowest BCUT2D eigenvalue weighted by Crippen LogP contribution is -2.45. The maximum atomic E-state index is 13.9. The first-order valence-electron chi connectivity index (χ1n) is 9.41. The van der Waals surface area contributed by atoms with Crippen LogP contribution in [-0.4, -0.2) is 36.1 Å². The molecule has 1 N–H and O–H groups in total. The number of methoxy groups -OCH3 is 1. The van der Waals surface area contributed by atoms with Crippen LogP contribution >= 0.6 is 0 Å². The van der Waals surface area contributed by atoms with E-state index in [0.29, 0.717) is 0 Å². The standard InChI is InChI=1S/C22H21F3O6/c1-20(2)9-13(26)15-14(10-20)31-17(22(23,24)25)16(18(27)28)21(15,3)12-7-5-11(6-8-12)19(29)30-4/h5-8H,9-10H2,1-4H3,(H,27,28). The zero-order chi connectivity index (χ0) is 23.4. The molecule has 1 aromatic rings. The number of esters is 1. The Labute approximate surface area is 176 Å². The largest absolute Gasteiger partial charge is 0.478 e. The van der Waals surface area contributed by atoms with E-state index in [4.69, 9.17) is 4.74 Å². The first kappa shape index (κ1) is 22.6. The number of hydrogen-bond donors (Lipinski definition) is 1. The third kappa shape index (κ3) is 3.73. The molecule has 0 bridgehead atoms. The van der Waals surface area contributed by atoms with Gasteiger partial charge in [-0.25, -0.2) is 9.59 Å². The Morgan fingerprint density at radius 1 is 1.10 bits per heavy atom. The number of ether oxygens (including phenoxy) is 2. The van der Waals surface area contributed by atoms with Crippen molar-refractivity contribution >= 4 is 17.7 Å². The number of carbonyl (C=O) groups is 3. The van der Waals surface area contributed by atoms with E-state index in [1.807, 2.05) is 0 Å². The van der Waals surface area contributed by atoms with E-state index in [2.05, 4.69) is 4.74 Å². The third-order valence-electron chi connectivity index (χ3n) is 5.64. The van der Waals surface area contributed by atoms with Crippen molar-refractivity contribution in [3.05, 3.63) is 58.1 Å². The lowest BCUT2D eigenvalue weighted by molar-refractivity contribution is -0.143. The van der Waals surface area contributed by atoms with Crippen LogP contribution in [0, 0.1) is 5.41 Å². The maximum Gasteiger partial charge on any atom is 0.450 e. The Kier molecular flexibility index (Phi) is 5.28. The van der Waals surface area contributed by atoms with Gasteiger partial charge in [-0.1, -0.05) is 26.0 Å². The minimum atomic E-state index is -5.09. The van der Waals surface area contributed by atoms with E-state index in [-0.39, 0.29) is 35.3 Å². The summed E-state index contributed by atoms with van der Waals surface area (Å²) in [4.78, 5) is 36.9. The van der Waals surface area contributed by atoms with E-state index < -0.39 is 46.1 Å². The van der Waals surface area contributed by atoms with Crippen LogP contribution in [0.3, 0.4) is 0 Å². The van der Waals surface area contributed by atoms with Crippen molar-refractivity contribution in [3.63, 3.8) is 0 Å². The predicted octanol–water partition coefficient (Wildman–Crippen LogP) is 4.31. The second-order valence-corrected chi connectivity index (χ2v) is 8.54. The molecule has 0 saturated carbocycles. The van der Waals surface area contributed by atoms with Crippen LogP contribution in [-0.2, 0) is 24.5 Å². The van der Waals surface area contributed by atoms with Crippen molar-refractivity contribution in [2.24, 2.45) is 5.41 Å². The molecule has 0 aromatic heterocycles. The van der Waals surface area contributed by atoms with Gasteiger partial charge in [0.05, 0.1) is 23.7 Å². The van der Waals surface area contributed by atoms with Crippen molar-refractivity contribution in [3.8, 4) is 0 Å². The van der Waals surface area contributed by atoms with Gasteiger partial charge in [-0.3, -0.25) is 4.79 Å². The van der Waals surface area contributed by atoms with Crippen molar-refractivity contribution in [2.45, 2.75) is 45.2 Å². The number of carbonyl (C=O) groups excluding carboxylic acids is 2. The average Bonchev–Trinajstić information content (AvgIpc) is 2.64. The molecule has 2 aliphatic rings. The van der Waals surface area contributed by atoms with Gasteiger partial charge in [-0.05, 0) is 30.0 Å². The average molecular weight is 438 g/mol. The fourth-order valence-electron chi connectivity index (χ4n) is 4.29. The number of aliphatic carboxylic acids is 1. The quantitative estimate of drug-likeness (QED) is 0.708. The Morgan fingerprint density at radius 3 is 2.16 bits per heavy atom. The van der Waals surface area contributed by atoms with Crippen molar-refractivity contribution in [2.75, 3.05) is 7.11 Å². The minimum absolute atomic E-state index is 0.0271. The summed E-state index contributed by atoms with van der Waals surface area (Å²) in [5.41, 5.74) is -3.52. The van der Waals surface area contributed by atoms with Gasteiger partial charge in [0.15, 0.2) is 5.78 Å². The Hall–Kier alpha value is -3.10. The molecule has 1 aliphatic heterocycles. The van der Waals surface area contributed by atoms with Gasteiger partial charge in [0, 0.05) is 18.4 Å². The molecule has 166 valence electrons. The van der Waals surface area contributed by atoms with E-state index in [0.717, 1.165) is 0 Å². The topological polar surface area (TPSA) is 89.9 Å². The van der Waals surface area contributed by atoms with E-state index in [9.17, 15) is 32.7 Å². The number of carboxylic acid groups (broad SMARTS) is 1. The summed E-state index contributed by atoms with van der Waals surface area (Å²) in [6.45, 7) is 4.72. The van der Waals surface area contributed by atoms with Gasteiger partial charge in [0.2, 0.25) is 5.76 Å². The van der Waals surface area contributed by atoms with Gasteiger partial charge in [0.25, 0.3) is 0 Å². The second-order valence-electron chi connectivity index (χ2n) is 8.54. The molecular formula is C22H21F3O6. The van der Waals surface area contributed by atoms with Gasteiger partial charge in [-0.15, -0.1) is 0 Å². The van der Waals surface area contributed by atoms with Crippen LogP contribution < -0.4 is 0 Å². The van der Waals surface area contributed by atoms with Crippen molar-refractivity contribution in [1.29, 1.82) is 0 Å². The van der Waals surface area contributed by atoms with Crippen LogP contribution in [0.5, 0.6) is 0 Å². The molecule has 9 heteroatoms. The van der Waals surface area contributed by atoms with Gasteiger partial charge >= 0.3 is 18.1 Å². The van der Waals surface area contributed by atoms with Crippen molar-refractivity contribution < 1.29 is 42.1 Å². The molecule has 1 unspecified atom stereocenters. The van der Waals surface area contributed by atoms with E-state index in [1.165, 1.54) is 38.3 Å². The number of hydrogen-bond acceptors (Lipinski definition) is 5. The molecule has 3 rings (SSSR count). The fourth-order valence-corrected chi connectivity index (χ4v) is 4.29. The molecule has 0 spiro atoms. The highest BCUT2D eigenvalue weighted by atomic mass is 19.4. The molecule has 0 radical (unpaired) electrons. The number of benzene rings is 1. The van der Waals surface area contributed by atoms with Crippen LogP contribution in [0.15, 0.2) is 46.9 Å². The zero-order valence-electron chi connectivity index (χ0n) is 17.3. The van der Waals surface area contributed by atoms with E-state index in [1.54, 1.807) is 13.8 Å². The maximum absolute atomic E-state index is 13.9. The number of halogens is 3. The highest BCUT2D eigenvalue weighted by Crippen LogP contribution is 2.54. The number of rotatable bonds is 3. The van der Waals surface area contributed by atoms with Crippen LogP contribution in [0.25, 0.3) is 0 Å². The van der Waals surface area contributed by atoms with E-state index >= 15 is 0 Å². The highest BCUT2D eigenvalue weighted by Gasteiger charge is 2.56. The number of carboxylic acids is 1. The number of alkyl halides is 3. The number of allylic oxidation sites excluding steroid dienone is 3. The van der Waals surface area contributed by atoms with Gasteiger partial charge < -0.3 is 14.6 Å². The molecule has 31 heavy (non-hydrogen) atoms. The first-order chi connectivity index (χ1) is 14.2. The molecule has 0 saturated heterocycles. The Morgan fingerprint density at radius 2 is 1.68 bits per heavy atom. The monoisotopic (exact) mass is 438 g/mol. The number of Topliss-reactive ketones (excluding diaryl/α,β-unsaturated/α-hetero) is 1. The molecule has 1 aliphatic carbocycles. The highest BCUT2D eigenvalue weighted by molar-refractivity contribution is 6.05. The summed E-state index contributed by atoms with van der Waals surface area (Å²) in [5.74, 6) is -4.83.